The summed E-state index contributed by atoms with van der Waals surface area (Å²) < 4.78 is 0. The van der Waals surface area contributed by atoms with Crippen LogP contribution < -0.4 is 0 Å². The van der Waals surface area contributed by atoms with Gasteiger partial charge in [-0.25, -0.2) is 0 Å². The van der Waals surface area contributed by atoms with Crippen LogP contribution in [-0.4, -0.2) is 34.7 Å². The van der Waals surface area contributed by atoms with Gasteiger partial charge in [0.25, 0.3) is 0 Å². The molecule has 4 aromatic rings. The van der Waals surface area contributed by atoms with Crippen molar-refractivity contribution in [2.45, 2.75) is 24.7 Å². The first-order valence-electron chi connectivity index (χ1n) is 12.1. The molecule has 4 nitrogen and oxygen atoms in total. The second-order valence-electron chi connectivity index (χ2n) is 9.72. The number of amides is 1. The average Bonchev–Trinajstić information content (AvgIpc) is 3.52. The number of rotatable bonds is 4. The number of benzene rings is 3. The molecule has 0 bridgehead atoms. The monoisotopic (exact) mass is 448 g/mol. The number of likely N-dealkylation sites (tertiary alicyclic amines) is 1. The Hall–Kier alpha value is -3.66. The van der Waals surface area contributed by atoms with Gasteiger partial charge in [0.1, 0.15) is 5.78 Å². The van der Waals surface area contributed by atoms with Crippen LogP contribution in [0.5, 0.6) is 0 Å². The molecule has 1 saturated heterocycles. The number of ketones is 1. The SMILES string of the molecule is O=C1CCC(c2ccccc2)(c2ccccc2)C2CN(C(=O)Cc3c[nH]c4ccccc34)CC12. The van der Waals surface area contributed by atoms with Crippen LogP contribution >= 0.6 is 0 Å². The van der Waals surface area contributed by atoms with Gasteiger partial charge in [0.05, 0.1) is 6.42 Å². The van der Waals surface area contributed by atoms with E-state index in [1.807, 2.05) is 41.4 Å². The summed E-state index contributed by atoms with van der Waals surface area (Å²) in [6.45, 7) is 1.13. The number of H-pyrrole nitrogens is 1. The highest BCUT2D eigenvalue weighted by molar-refractivity contribution is 5.90. The quantitative estimate of drug-likeness (QED) is 0.470. The standard InChI is InChI=1S/C30H28N2O2/c33-28-15-16-30(22-9-3-1-4-10-22,23-11-5-2-6-12-23)26-20-32(19-25(26)28)29(34)17-21-18-31-27-14-8-7-13-24(21)27/h1-14,18,25-26,31H,15-17,19-20H2. The molecule has 170 valence electrons. The van der Waals surface area contributed by atoms with Crippen LogP contribution in [0.15, 0.2) is 91.1 Å². The maximum Gasteiger partial charge on any atom is 0.227 e. The van der Waals surface area contributed by atoms with E-state index < -0.39 is 0 Å². The number of hydrogen-bond donors (Lipinski definition) is 1. The molecule has 6 rings (SSSR count). The summed E-state index contributed by atoms with van der Waals surface area (Å²) >= 11 is 0. The summed E-state index contributed by atoms with van der Waals surface area (Å²) in [4.78, 5) is 31.9. The highest BCUT2D eigenvalue weighted by Gasteiger charge is 2.55. The fourth-order valence-electron chi connectivity index (χ4n) is 6.43. The van der Waals surface area contributed by atoms with Crippen molar-refractivity contribution in [2.75, 3.05) is 13.1 Å². The molecule has 2 aliphatic rings. The largest absolute Gasteiger partial charge is 0.361 e. The van der Waals surface area contributed by atoms with Gasteiger partial charge < -0.3 is 9.88 Å². The number of hydrogen-bond acceptors (Lipinski definition) is 2. The minimum atomic E-state index is -0.267. The van der Waals surface area contributed by atoms with Crippen molar-refractivity contribution in [1.82, 2.24) is 9.88 Å². The summed E-state index contributed by atoms with van der Waals surface area (Å²) in [5, 5.41) is 1.09. The van der Waals surface area contributed by atoms with Gasteiger partial charge in [-0.3, -0.25) is 9.59 Å². The van der Waals surface area contributed by atoms with Gasteiger partial charge in [-0.1, -0.05) is 78.9 Å². The summed E-state index contributed by atoms with van der Waals surface area (Å²) in [6.07, 6.45) is 3.62. The van der Waals surface area contributed by atoms with Crippen LogP contribution in [0.25, 0.3) is 10.9 Å². The average molecular weight is 449 g/mol. The van der Waals surface area contributed by atoms with Crippen LogP contribution in [-0.2, 0) is 21.4 Å². The summed E-state index contributed by atoms with van der Waals surface area (Å²) in [7, 11) is 0. The highest BCUT2D eigenvalue weighted by atomic mass is 16.2. The second-order valence-corrected chi connectivity index (χ2v) is 9.72. The van der Waals surface area contributed by atoms with Crippen molar-refractivity contribution in [3.05, 3.63) is 108 Å². The van der Waals surface area contributed by atoms with Gasteiger partial charge in [0, 0.05) is 53.9 Å². The zero-order chi connectivity index (χ0) is 23.1. The fraction of sp³-hybridized carbons (Fsp3) is 0.267. The summed E-state index contributed by atoms with van der Waals surface area (Å²) in [5.74, 6) is 0.350. The lowest BCUT2D eigenvalue weighted by atomic mass is 9.56. The van der Waals surface area contributed by atoms with E-state index in [-0.39, 0.29) is 23.2 Å². The van der Waals surface area contributed by atoms with E-state index in [0.29, 0.717) is 31.7 Å². The molecule has 2 fully saturated rings. The van der Waals surface area contributed by atoms with Crippen molar-refractivity contribution in [1.29, 1.82) is 0 Å². The third kappa shape index (κ3) is 3.28. The number of carbonyl (C=O) groups is 2. The Kier molecular flexibility index (Phi) is 5.09. The zero-order valence-electron chi connectivity index (χ0n) is 19.1. The van der Waals surface area contributed by atoms with Crippen LogP contribution in [0.2, 0.25) is 0 Å². The Bertz CT molecular complexity index is 1300. The smallest absolute Gasteiger partial charge is 0.227 e. The van der Waals surface area contributed by atoms with Crippen molar-refractivity contribution >= 4 is 22.6 Å². The fourth-order valence-corrected chi connectivity index (χ4v) is 6.43. The number of aromatic nitrogens is 1. The number of carbonyl (C=O) groups excluding carboxylic acids is 2. The molecule has 34 heavy (non-hydrogen) atoms. The lowest BCUT2D eigenvalue weighted by Gasteiger charge is -2.45. The minimum absolute atomic E-state index is 0.0745. The van der Waals surface area contributed by atoms with Crippen LogP contribution in [0.1, 0.15) is 29.5 Å². The summed E-state index contributed by atoms with van der Waals surface area (Å²) in [6, 6.07) is 29.3. The van der Waals surface area contributed by atoms with Crippen molar-refractivity contribution in [2.24, 2.45) is 11.8 Å². The van der Waals surface area contributed by atoms with Crippen LogP contribution in [0.3, 0.4) is 0 Å². The maximum absolute atomic E-state index is 13.5. The zero-order valence-corrected chi connectivity index (χ0v) is 19.1. The summed E-state index contributed by atoms with van der Waals surface area (Å²) in [5.41, 5.74) is 4.28. The Morgan fingerprint density at radius 3 is 2.24 bits per heavy atom. The van der Waals surface area contributed by atoms with Crippen molar-refractivity contribution in [3.8, 4) is 0 Å². The van der Waals surface area contributed by atoms with E-state index in [4.69, 9.17) is 0 Å². The van der Waals surface area contributed by atoms with Gasteiger partial charge in [-0.05, 0) is 29.2 Å². The minimum Gasteiger partial charge on any atom is -0.361 e. The molecule has 1 aromatic heterocycles. The number of nitrogens with zero attached hydrogens (tertiary/aromatic N) is 1. The molecule has 2 atom stereocenters. The first-order valence-corrected chi connectivity index (χ1v) is 12.1. The molecular weight excluding hydrogens is 420 g/mol. The molecule has 2 unspecified atom stereocenters. The van der Waals surface area contributed by atoms with Gasteiger partial charge in [-0.15, -0.1) is 0 Å². The lowest BCUT2D eigenvalue weighted by molar-refractivity contribution is -0.129. The first-order chi connectivity index (χ1) is 16.7. The molecule has 0 spiro atoms. The van der Waals surface area contributed by atoms with Crippen molar-refractivity contribution in [3.63, 3.8) is 0 Å². The number of fused-ring (bicyclic) bond motifs is 2. The Balaban J connectivity index is 1.36. The number of para-hydroxylation sites is 1. The van der Waals surface area contributed by atoms with E-state index >= 15 is 0 Å². The van der Waals surface area contributed by atoms with Crippen molar-refractivity contribution < 1.29 is 9.59 Å². The number of aromatic amines is 1. The van der Waals surface area contributed by atoms with Gasteiger partial charge in [0.15, 0.2) is 0 Å². The molecule has 0 radical (unpaired) electrons. The Labute approximate surface area is 199 Å². The molecule has 1 amide bonds. The van der Waals surface area contributed by atoms with E-state index in [9.17, 15) is 9.59 Å². The third-order valence-corrected chi connectivity index (χ3v) is 8.08. The molecule has 1 saturated carbocycles. The Morgan fingerprint density at radius 2 is 1.53 bits per heavy atom. The third-order valence-electron chi connectivity index (χ3n) is 8.08. The van der Waals surface area contributed by atoms with E-state index in [1.54, 1.807) is 0 Å². The molecule has 1 aliphatic carbocycles. The predicted molar refractivity (Wildman–Crippen MR) is 133 cm³/mol. The maximum atomic E-state index is 13.5. The molecular formula is C30H28N2O2. The highest BCUT2D eigenvalue weighted by Crippen LogP contribution is 2.52. The predicted octanol–water partition coefficient (Wildman–Crippen LogP) is 5.13. The Morgan fingerprint density at radius 1 is 0.882 bits per heavy atom. The van der Waals surface area contributed by atoms with Gasteiger partial charge >= 0.3 is 0 Å². The number of nitrogens with one attached hydrogen (secondary N) is 1. The normalized spacial score (nSPS) is 21.5. The molecule has 1 aliphatic heterocycles. The molecule has 1 N–H and O–H groups in total. The van der Waals surface area contributed by atoms with Gasteiger partial charge in [-0.2, -0.15) is 0 Å². The lowest BCUT2D eigenvalue weighted by Crippen LogP contribution is -2.47. The molecule has 2 heterocycles. The first kappa shape index (κ1) is 20.9. The van der Waals surface area contributed by atoms with E-state index in [0.717, 1.165) is 22.9 Å². The van der Waals surface area contributed by atoms with Crippen LogP contribution in [0.4, 0.5) is 0 Å². The van der Waals surface area contributed by atoms with E-state index in [2.05, 4.69) is 59.6 Å². The van der Waals surface area contributed by atoms with Gasteiger partial charge in [0.2, 0.25) is 5.91 Å². The molecule has 4 heteroatoms. The second kappa shape index (κ2) is 8.28. The number of Topliss-reactive ketones (excluding diaryl/α,β-unsaturated/α-hetero) is 1. The van der Waals surface area contributed by atoms with E-state index in [1.165, 1.54) is 11.1 Å². The topological polar surface area (TPSA) is 53.2 Å². The molecule has 3 aromatic carbocycles. The van der Waals surface area contributed by atoms with Crippen LogP contribution in [0, 0.1) is 11.8 Å².